The molecular weight excluding hydrogens is 431 g/mol. The second kappa shape index (κ2) is 7.47. The number of carbonyl (C=O) groups excluding carboxylic acids is 1. The topological polar surface area (TPSA) is 64.2 Å². The number of nitrogens with zero attached hydrogens (tertiary/aromatic N) is 4. The van der Waals surface area contributed by atoms with E-state index in [0.717, 1.165) is 23.2 Å². The Morgan fingerprint density at radius 2 is 1.79 bits per heavy atom. The number of alkyl halides is 3. The van der Waals surface area contributed by atoms with Crippen molar-refractivity contribution in [3.63, 3.8) is 0 Å². The van der Waals surface area contributed by atoms with Gasteiger partial charge in [-0.1, -0.05) is 24.3 Å². The normalized spacial score (nSPS) is 11.9. The number of hydrogen-bond acceptors (Lipinski definition) is 3. The molecule has 2 aromatic carbocycles. The molecule has 1 amide bonds. The molecule has 0 aliphatic rings. The number of aromatic nitrogens is 4. The molecule has 5 rings (SSSR count). The van der Waals surface area contributed by atoms with Crippen LogP contribution < -0.4 is 5.32 Å². The number of hydrogen-bond donors (Lipinski definition) is 1. The molecule has 3 aromatic heterocycles. The molecule has 6 nitrogen and oxygen atoms in total. The number of halogens is 3. The second-order valence-corrected chi connectivity index (χ2v) is 7.78. The van der Waals surface area contributed by atoms with Gasteiger partial charge in [-0.15, -0.1) is 0 Å². The number of pyridine rings is 1. The maximum Gasteiger partial charge on any atom is 0.416 e. The highest BCUT2D eigenvalue weighted by Gasteiger charge is 2.30. The zero-order chi connectivity index (χ0) is 23.3. The van der Waals surface area contributed by atoms with Gasteiger partial charge >= 0.3 is 6.18 Å². The van der Waals surface area contributed by atoms with Crippen LogP contribution in [0.15, 0.2) is 67.0 Å². The predicted molar refractivity (Wildman–Crippen MR) is 119 cm³/mol. The standard InChI is InChI=1S/C24H18F3N5O/c1-14-5-4-10-32-13-19(28-21(14)32)22(33)30-23-29-18-12-16(8-9-20(18)31(23)2)15-6-3-7-17(11-15)24(25,26)27/h3-13H,1-2H3,(H,29,30,33). The summed E-state index contributed by atoms with van der Waals surface area (Å²) in [6, 6.07) is 14.1. The van der Waals surface area contributed by atoms with Gasteiger partial charge in [0.15, 0.2) is 0 Å². The van der Waals surface area contributed by atoms with Crippen molar-refractivity contribution in [2.45, 2.75) is 13.1 Å². The number of carbonyl (C=O) groups is 1. The Hall–Kier alpha value is -4.14. The van der Waals surface area contributed by atoms with E-state index in [4.69, 9.17) is 0 Å². The number of amides is 1. The van der Waals surface area contributed by atoms with Crippen LogP contribution in [-0.2, 0) is 13.2 Å². The maximum absolute atomic E-state index is 13.1. The summed E-state index contributed by atoms with van der Waals surface area (Å²) in [6.45, 7) is 1.91. The van der Waals surface area contributed by atoms with Gasteiger partial charge in [-0.2, -0.15) is 13.2 Å². The van der Waals surface area contributed by atoms with Gasteiger partial charge in [0.05, 0.1) is 16.6 Å². The first-order chi connectivity index (χ1) is 15.7. The number of imidazole rings is 2. The van der Waals surface area contributed by atoms with Gasteiger partial charge in [0.1, 0.15) is 11.3 Å². The lowest BCUT2D eigenvalue weighted by Gasteiger charge is -2.09. The van der Waals surface area contributed by atoms with E-state index in [1.54, 1.807) is 46.5 Å². The van der Waals surface area contributed by atoms with Crippen molar-refractivity contribution in [3.8, 4) is 11.1 Å². The largest absolute Gasteiger partial charge is 0.416 e. The Morgan fingerprint density at radius 3 is 2.55 bits per heavy atom. The molecular formula is C24H18F3N5O. The third kappa shape index (κ3) is 3.71. The van der Waals surface area contributed by atoms with Crippen LogP contribution in [0.25, 0.3) is 27.8 Å². The van der Waals surface area contributed by atoms with E-state index in [1.165, 1.54) is 6.07 Å². The van der Waals surface area contributed by atoms with Crippen molar-refractivity contribution in [3.05, 3.63) is 83.8 Å². The van der Waals surface area contributed by atoms with E-state index in [0.29, 0.717) is 28.2 Å². The predicted octanol–water partition coefficient (Wildman–Crippen LogP) is 5.47. The van der Waals surface area contributed by atoms with Crippen LogP contribution in [0.1, 0.15) is 21.6 Å². The Kier molecular flexibility index (Phi) is 4.70. The Morgan fingerprint density at radius 1 is 1.00 bits per heavy atom. The molecule has 33 heavy (non-hydrogen) atoms. The van der Waals surface area contributed by atoms with Crippen LogP contribution in [-0.4, -0.2) is 24.8 Å². The van der Waals surface area contributed by atoms with Crippen LogP contribution in [0.5, 0.6) is 0 Å². The van der Waals surface area contributed by atoms with Crippen molar-refractivity contribution in [1.29, 1.82) is 0 Å². The van der Waals surface area contributed by atoms with Gasteiger partial charge in [0.2, 0.25) is 5.95 Å². The van der Waals surface area contributed by atoms with Gasteiger partial charge in [0.25, 0.3) is 5.91 Å². The molecule has 0 spiro atoms. The van der Waals surface area contributed by atoms with E-state index >= 15 is 0 Å². The molecule has 0 saturated carbocycles. The molecule has 0 radical (unpaired) electrons. The van der Waals surface area contributed by atoms with E-state index in [2.05, 4.69) is 15.3 Å². The SMILES string of the molecule is Cc1cccn2cc(C(=O)Nc3nc4cc(-c5cccc(C(F)(F)F)c5)ccc4n3C)nc12. The summed E-state index contributed by atoms with van der Waals surface area (Å²) < 4.78 is 42.7. The lowest BCUT2D eigenvalue weighted by atomic mass is 10.0. The molecule has 1 N–H and O–H groups in total. The number of benzene rings is 2. The van der Waals surface area contributed by atoms with Gasteiger partial charge < -0.3 is 8.97 Å². The van der Waals surface area contributed by atoms with Crippen LogP contribution in [0, 0.1) is 6.92 Å². The summed E-state index contributed by atoms with van der Waals surface area (Å²) in [5.74, 6) is -0.0976. The van der Waals surface area contributed by atoms with Gasteiger partial charge in [-0.25, -0.2) is 9.97 Å². The van der Waals surface area contributed by atoms with E-state index < -0.39 is 17.6 Å². The molecule has 3 heterocycles. The smallest absolute Gasteiger partial charge is 0.313 e. The fraction of sp³-hybridized carbons (Fsp3) is 0.125. The molecule has 166 valence electrons. The quantitative estimate of drug-likeness (QED) is 0.397. The number of nitrogens with one attached hydrogen (secondary N) is 1. The van der Waals surface area contributed by atoms with Crippen LogP contribution in [0.4, 0.5) is 19.1 Å². The monoisotopic (exact) mass is 449 g/mol. The zero-order valence-electron chi connectivity index (χ0n) is 17.7. The molecule has 5 aromatic rings. The zero-order valence-corrected chi connectivity index (χ0v) is 17.7. The highest BCUT2D eigenvalue weighted by atomic mass is 19.4. The molecule has 0 atom stereocenters. The van der Waals surface area contributed by atoms with Crippen LogP contribution in [0.2, 0.25) is 0 Å². The number of aryl methyl sites for hydroxylation is 2. The summed E-state index contributed by atoms with van der Waals surface area (Å²) in [7, 11) is 1.75. The van der Waals surface area contributed by atoms with Gasteiger partial charge in [-0.3, -0.25) is 10.1 Å². The highest BCUT2D eigenvalue weighted by molar-refractivity contribution is 6.03. The van der Waals surface area contributed by atoms with Crippen molar-refractivity contribution in [2.75, 3.05) is 5.32 Å². The fourth-order valence-electron chi connectivity index (χ4n) is 3.79. The molecule has 0 bridgehead atoms. The van der Waals surface area contributed by atoms with Crippen molar-refractivity contribution < 1.29 is 18.0 Å². The molecule has 9 heteroatoms. The Balaban J connectivity index is 1.47. The van der Waals surface area contributed by atoms with Crippen LogP contribution >= 0.6 is 0 Å². The molecule has 0 unspecified atom stereocenters. The average molecular weight is 449 g/mol. The first-order valence-electron chi connectivity index (χ1n) is 10.1. The first kappa shape index (κ1) is 20.7. The van der Waals surface area contributed by atoms with Crippen molar-refractivity contribution in [1.82, 2.24) is 18.9 Å². The maximum atomic E-state index is 13.1. The van der Waals surface area contributed by atoms with Gasteiger partial charge in [0, 0.05) is 19.4 Å². The van der Waals surface area contributed by atoms with E-state index in [9.17, 15) is 18.0 Å². The molecule has 0 aliphatic heterocycles. The molecule has 0 aliphatic carbocycles. The van der Waals surface area contributed by atoms with Gasteiger partial charge in [-0.05, 0) is 53.9 Å². The summed E-state index contributed by atoms with van der Waals surface area (Å²) >= 11 is 0. The molecule has 0 saturated heterocycles. The van der Waals surface area contributed by atoms with Crippen molar-refractivity contribution in [2.24, 2.45) is 7.05 Å². The van der Waals surface area contributed by atoms with E-state index in [-0.39, 0.29) is 5.69 Å². The number of anilines is 1. The fourth-order valence-corrected chi connectivity index (χ4v) is 3.79. The summed E-state index contributed by atoms with van der Waals surface area (Å²) in [5, 5.41) is 2.77. The van der Waals surface area contributed by atoms with E-state index in [1.807, 2.05) is 25.3 Å². The minimum absolute atomic E-state index is 0.251. The second-order valence-electron chi connectivity index (χ2n) is 7.78. The highest BCUT2D eigenvalue weighted by Crippen LogP contribution is 2.33. The third-order valence-electron chi connectivity index (χ3n) is 5.54. The average Bonchev–Trinajstić information content (AvgIpc) is 3.36. The third-order valence-corrected chi connectivity index (χ3v) is 5.54. The van der Waals surface area contributed by atoms with Crippen molar-refractivity contribution >= 4 is 28.5 Å². The lowest BCUT2D eigenvalue weighted by Crippen LogP contribution is -2.15. The Labute approximate surface area is 186 Å². The summed E-state index contributed by atoms with van der Waals surface area (Å²) in [5.41, 5.74) is 3.49. The van der Waals surface area contributed by atoms with Crippen LogP contribution in [0.3, 0.4) is 0 Å². The lowest BCUT2D eigenvalue weighted by molar-refractivity contribution is -0.137. The Bertz CT molecular complexity index is 1530. The summed E-state index contributed by atoms with van der Waals surface area (Å²) in [4.78, 5) is 21.7. The minimum Gasteiger partial charge on any atom is -0.313 e. The molecule has 0 fully saturated rings. The summed E-state index contributed by atoms with van der Waals surface area (Å²) in [6.07, 6.45) is -0.957. The number of rotatable bonds is 3. The number of fused-ring (bicyclic) bond motifs is 2. The first-order valence-corrected chi connectivity index (χ1v) is 10.1. The minimum atomic E-state index is -4.42.